The second-order valence-corrected chi connectivity index (χ2v) is 21.2. The van der Waals surface area contributed by atoms with Gasteiger partial charge in [-0.25, -0.2) is 4.79 Å². The molecule has 0 spiro atoms. The van der Waals surface area contributed by atoms with E-state index in [1.807, 2.05) is 0 Å². The molecule has 50 heavy (non-hydrogen) atoms. The van der Waals surface area contributed by atoms with E-state index < -0.39 is 114 Å². The maximum absolute atomic E-state index is 15.5. The number of hydrogen-bond donors (Lipinski definition) is 1. The monoisotopic (exact) mass is 806 g/mol. The lowest BCUT2D eigenvalue weighted by Crippen LogP contribution is -2.49. The molecule has 8 aliphatic rings. The second-order valence-electron chi connectivity index (χ2n) is 13.4. The summed E-state index contributed by atoms with van der Waals surface area (Å²) in [6, 6.07) is 0. The Morgan fingerprint density at radius 2 is 0.920 bits per heavy atom. The largest absolute Gasteiger partial charge is 0.477 e. The van der Waals surface area contributed by atoms with Crippen LogP contribution in [-0.2, 0) is 4.79 Å². The molecule has 4 atom stereocenters. The number of carboxylic acids is 1. The van der Waals surface area contributed by atoms with Crippen LogP contribution in [0, 0.1) is 0 Å². The van der Waals surface area contributed by atoms with E-state index in [4.69, 9.17) is 0 Å². The standard InChI is InChI=1S/C31H18F12O2S4Si/c1-22-10(5-6-46-22)17-19(28(36,37)30(40,41)26(17,32)33)12-8-15(48-23(12,22)2)50-16-9-13-20-18(27(34,35)31(42,43)29(20,38)39)11-7-14(21(44)45)47-24(11,3)25(13,4)49-16/h5-9H,1-4H3,(H,44,45)/t22-,23-,24+,25+/m0/s1. The molecule has 0 saturated heterocycles. The molecule has 0 aromatic rings. The van der Waals surface area contributed by atoms with Crippen molar-refractivity contribution in [3.05, 3.63) is 88.3 Å². The summed E-state index contributed by atoms with van der Waals surface area (Å²) in [6.45, 7) is 5.52. The molecule has 8 rings (SSSR count). The highest BCUT2D eigenvalue weighted by molar-refractivity contribution is 8.12. The quantitative estimate of drug-likeness (QED) is 0.226. The van der Waals surface area contributed by atoms with Crippen molar-refractivity contribution in [2.24, 2.45) is 0 Å². The summed E-state index contributed by atoms with van der Waals surface area (Å²) < 4.78 is 177. The van der Waals surface area contributed by atoms with Gasteiger partial charge in [-0.05, 0) is 70.5 Å². The van der Waals surface area contributed by atoms with Crippen molar-refractivity contribution in [2.75, 3.05) is 0 Å². The Kier molecular flexibility index (Phi) is 6.52. The van der Waals surface area contributed by atoms with Gasteiger partial charge in [-0.1, -0.05) is 18.2 Å². The van der Waals surface area contributed by atoms with Crippen LogP contribution < -0.4 is 0 Å². The summed E-state index contributed by atoms with van der Waals surface area (Å²) in [4.78, 5) is 11.4. The lowest BCUT2D eigenvalue weighted by Gasteiger charge is -2.47. The molecule has 0 unspecified atom stereocenters. The number of aliphatic carboxylic acids is 1. The van der Waals surface area contributed by atoms with E-state index >= 15 is 35.1 Å². The Labute approximate surface area is 294 Å². The molecule has 2 saturated carbocycles. The van der Waals surface area contributed by atoms with Gasteiger partial charge in [-0.2, -0.15) is 52.7 Å². The van der Waals surface area contributed by atoms with Gasteiger partial charge in [0.15, 0.2) is 0 Å². The molecule has 2 radical (unpaired) electrons. The van der Waals surface area contributed by atoms with E-state index in [9.17, 15) is 27.5 Å². The second kappa shape index (κ2) is 9.26. The van der Waals surface area contributed by atoms with Gasteiger partial charge in [0, 0.05) is 22.3 Å². The van der Waals surface area contributed by atoms with Crippen LogP contribution in [0.5, 0.6) is 0 Å². The number of alkyl halides is 12. The highest BCUT2D eigenvalue weighted by atomic mass is 32.2. The number of rotatable bonds is 3. The minimum absolute atomic E-state index is 0.131. The van der Waals surface area contributed by atoms with Crippen molar-refractivity contribution >= 4 is 62.5 Å². The average Bonchev–Trinajstić information content (AvgIpc) is 3.75. The van der Waals surface area contributed by atoms with E-state index in [0.29, 0.717) is 17.8 Å². The first kappa shape index (κ1) is 35.2. The molecule has 4 heterocycles. The molecule has 4 aliphatic heterocycles. The summed E-state index contributed by atoms with van der Waals surface area (Å²) in [7, 11) is -0.672. The van der Waals surface area contributed by atoms with Gasteiger partial charge in [0.25, 0.3) is 0 Å². The van der Waals surface area contributed by atoms with Crippen molar-refractivity contribution in [1.29, 1.82) is 0 Å². The van der Waals surface area contributed by atoms with Gasteiger partial charge in [0.1, 0.15) is 9.52 Å². The molecule has 1 N–H and O–H groups in total. The molecule has 0 bridgehead atoms. The van der Waals surface area contributed by atoms with Gasteiger partial charge in [0.05, 0.1) is 23.9 Å². The number of fused-ring (bicyclic) bond motifs is 8. The van der Waals surface area contributed by atoms with Crippen LogP contribution in [-0.4, -0.2) is 75.1 Å². The van der Waals surface area contributed by atoms with Crippen molar-refractivity contribution in [2.45, 2.75) is 82.2 Å². The van der Waals surface area contributed by atoms with Crippen LogP contribution in [0.3, 0.4) is 0 Å². The molecule has 2 nitrogen and oxygen atoms in total. The molecule has 4 aliphatic carbocycles. The molecule has 0 amide bonds. The Bertz CT molecular complexity index is 2060. The SMILES string of the molecule is C[C@]12SC=CC1=C1C(=C3C=C([Si]C4=CC5=C6C(=C7C=C(C(=O)O)S[C@@]7(C)[C@]5(C)S4)C(F)(F)C(F)(F)C6(F)F)S[C@@]32C)C(F)(F)C(F)(F)C1(F)F. The lowest BCUT2D eigenvalue weighted by atomic mass is 9.71. The Hall–Kier alpha value is -1.83. The summed E-state index contributed by atoms with van der Waals surface area (Å²) in [6.07, 6.45) is 3.93. The highest BCUT2D eigenvalue weighted by Crippen LogP contribution is 2.76. The van der Waals surface area contributed by atoms with E-state index in [1.54, 1.807) is 0 Å². The molecule has 266 valence electrons. The zero-order valence-electron chi connectivity index (χ0n) is 25.4. The number of carboxylic acid groups (broad SMARTS) is 1. The fourth-order valence-corrected chi connectivity index (χ4v) is 16.5. The number of carbonyl (C=O) groups is 1. The summed E-state index contributed by atoms with van der Waals surface area (Å²) in [5, 5.41) is 11.0. The molecule has 0 aromatic carbocycles. The number of halogens is 12. The van der Waals surface area contributed by atoms with Gasteiger partial charge >= 0.3 is 41.5 Å². The number of hydrogen-bond acceptors (Lipinski definition) is 5. The normalized spacial score (nSPS) is 40.0. The van der Waals surface area contributed by atoms with Crippen molar-refractivity contribution < 1.29 is 62.6 Å². The first-order chi connectivity index (χ1) is 22.6. The van der Waals surface area contributed by atoms with Crippen LogP contribution in [0.2, 0.25) is 0 Å². The average molecular weight is 807 g/mol. The Balaban J connectivity index is 1.29. The Morgan fingerprint density at radius 3 is 1.34 bits per heavy atom. The minimum atomic E-state index is -5.88. The molecule has 2 fully saturated rings. The predicted molar refractivity (Wildman–Crippen MR) is 169 cm³/mol. The van der Waals surface area contributed by atoms with Gasteiger partial charge in [-0.15, -0.1) is 47.0 Å². The lowest BCUT2D eigenvalue weighted by molar-refractivity contribution is -0.258. The minimum Gasteiger partial charge on any atom is -0.477 e. The van der Waals surface area contributed by atoms with E-state index in [1.165, 1.54) is 33.1 Å². The predicted octanol–water partition coefficient (Wildman–Crippen LogP) is 9.93. The smallest absolute Gasteiger partial charge is 0.380 e. The first-order valence-electron chi connectivity index (χ1n) is 14.5. The van der Waals surface area contributed by atoms with Crippen LogP contribution >= 0.6 is 47.0 Å². The summed E-state index contributed by atoms with van der Waals surface area (Å²) in [5.74, 6) is -34.5. The molecule has 19 heteroatoms. The van der Waals surface area contributed by atoms with E-state index in [-0.39, 0.29) is 14.6 Å². The van der Waals surface area contributed by atoms with Crippen molar-refractivity contribution in [3.63, 3.8) is 0 Å². The topological polar surface area (TPSA) is 37.3 Å². The third kappa shape index (κ3) is 3.41. The number of allylic oxidation sites excluding steroid dienone is 8. The van der Waals surface area contributed by atoms with Crippen LogP contribution in [0.15, 0.2) is 88.3 Å². The van der Waals surface area contributed by atoms with Crippen LogP contribution in [0.4, 0.5) is 52.7 Å². The zero-order chi connectivity index (χ0) is 37.0. The third-order valence-corrected chi connectivity index (χ3v) is 19.0. The maximum atomic E-state index is 15.5. The van der Waals surface area contributed by atoms with Crippen LogP contribution in [0.1, 0.15) is 27.7 Å². The van der Waals surface area contributed by atoms with Gasteiger partial charge < -0.3 is 5.11 Å². The van der Waals surface area contributed by atoms with E-state index in [2.05, 4.69) is 0 Å². The molecular weight excluding hydrogens is 789 g/mol. The molecular formula is C31H18F12O2S4Si. The highest BCUT2D eigenvalue weighted by Gasteiger charge is 2.86. The fraction of sp³-hybridized carbons (Fsp3) is 0.452. The van der Waals surface area contributed by atoms with Crippen LogP contribution in [0.25, 0.3) is 0 Å². The van der Waals surface area contributed by atoms with Gasteiger partial charge in [-0.3, -0.25) is 0 Å². The van der Waals surface area contributed by atoms with Crippen molar-refractivity contribution in [1.82, 2.24) is 0 Å². The number of thioether (sulfide) groups is 4. The Morgan fingerprint density at radius 1 is 0.560 bits per heavy atom. The van der Waals surface area contributed by atoms with Gasteiger partial charge in [0.2, 0.25) is 0 Å². The third-order valence-electron chi connectivity index (χ3n) is 11.1. The van der Waals surface area contributed by atoms with E-state index in [0.717, 1.165) is 53.5 Å². The summed E-state index contributed by atoms with van der Waals surface area (Å²) >= 11 is 3.25. The zero-order valence-corrected chi connectivity index (χ0v) is 29.7. The fourth-order valence-electron chi connectivity index (χ4n) is 8.08. The first-order valence-corrected chi connectivity index (χ1v) is 18.8. The molecule has 0 aromatic heterocycles. The van der Waals surface area contributed by atoms with Crippen molar-refractivity contribution in [3.8, 4) is 0 Å². The maximum Gasteiger partial charge on any atom is 0.380 e. The summed E-state index contributed by atoms with van der Waals surface area (Å²) in [5.41, 5.74) is -8.41.